The third-order valence-electron chi connectivity index (χ3n) is 3.06. The molecule has 2 aromatic carbocycles. The third-order valence-corrected chi connectivity index (χ3v) is 4.30. The first kappa shape index (κ1) is 13.6. The molecule has 0 heterocycles. The van der Waals surface area contributed by atoms with Crippen LogP contribution in [-0.2, 0) is 0 Å². The molecule has 2 aromatic rings. The van der Waals surface area contributed by atoms with Crippen LogP contribution in [0.15, 0.2) is 36.4 Å². The zero-order valence-electron chi connectivity index (χ0n) is 10.8. The molecule has 18 heavy (non-hydrogen) atoms. The van der Waals surface area contributed by atoms with Gasteiger partial charge >= 0.3 is 0 Å². The highest BCUT2D eigenvalue weighted by molar-refractivity contribution is 9.09. The summed E-state index contributed by atoms with van der Waals surface area (Å²) in [5, 5.41) is 0.791. The SMILES string of the molecule is Cc1cc(Cl)cc(C(Br)c2ccc(C)cc2C)c1. The number of halogens is 2. The third kappa shape index (κ3) is 2.96. The van der Waals surface area contributed by atoms with Crippen LogP contribution >= 0.6 is 27.5 Å². The molecule has 0 aliphatic rings. The monoisotopic (exact) mass is 322 g/mol. The highest BCUT2D eigenvalue weighted by Gasteiger charge is 2.13. The molecule has 0 bridgehead atoms. The molecule has 0 saturated heterocycles. The van der Waals surface area contributed by atoms with Crippen LogP contribution in [0.4, 0.5) is 0 Å². The van der Waals surface area contributed by atoms with E-state index in [4.69, 9.17) is 11.6 Å². The van der Waals surface area contributed by atoms with Crippen molar-refractivity contribution in [3.63, 3.8) is 0 Å². The lowest BCUT2D eigenvalue weighted by atomic mass is 9.98. The highest BCUT2D eigenvalue weighted by atomic mass is 79.9. The Morgan fingerprint density at radius 3 is 2.28 bits per heavy atom. The predicted molar refractivity (Wildman–Crippen MR) is 82.9 cm³/mol. The van der Waals surface area contributed by atoms with Gasteiger partial charge in [0.2, 0.25) is 0 Å². The van der Waals surface area contributed by atoms with Gasteiger partial charge in [-0.05, 0) is 55.2 Å². The van der Waals surface area contributed by atoms with Gasteiger partial charge in [0.15, 0.2) is 0 Å². The van der Waals surface area contributed by atoms with E-state index < -0.39 is 0 Å². The van der Waals surface area contributed by atoms with E-state index in [1.165, 1.54) is 27.8 Å². The molecular formula is C16H16BrCl. The molecular weight excluding hydrogens is 308 g/mol. The van der Waals surface area contributed by atoms with Crippen LogP contribution in [0, 0.1) is 20.8 Å². The zero-order chi connectivity index (χ0) is 13.3. The van der Waals surface area contributed by atoms with Crippen LogP contribution < -0.4 is 0 Å². The van der Waals surface area contributed by atoms with Crippen molar-refractivity contribution in [2.75, 3.05) is 0 Å². The van der Waals surface area contributed by atoms with Gasteiger partial charge in [-0.25, -0.2) is 0 Å². The zero-order valence-corrected chi connectivity index (χ0v) is 13.1. The maximum Gasteiger partial charge on any atom is 0.0647 e. The van der Waals surface area contributed by atoms with Gasteiger partial charge in [-0.15, -0.1) is 0 Å². The second-order valence-electron chi connectivity index (χ2n) is 4.78. The first-order valence-corrected chi connectivity index (χ1v) is 7.25. The second-order valence-corrected chi connectivity index (χ2v) is 6.14. The van der Waals surface area contributed by atoms with Crippen molar-refractivity contribution in [1.82, 2.24) is 0 Å². The first-order valence-electron chi connectivity index (χ1n) is 5.95. The second kappa shape index (κ2) is 5.46. The molecule has 0 amide bonds. The van der Waals surface area contributed by atoms with Crippen molar-refractivity contribution in [1.29, 1.82) is 0 Å². The largest absolute Gasteiger partial charge is 0.0843 e. The van der Waals surface area contributed by atoms with Crippen LogP contribution in [0.5, 0.6) is 0 Å². The number of benzene rings is 2. The lowest BCUT2D eigenvalue weighted by Crippen LogP contribution is -1.97. The van der Waals surface area contributed by atoms with E-state index in [1.54, 1.807) is 0 Å². The maximum absolute atomic E-state index is 6.13. The highest BCUT2D eigenvalue weighted by Crippen LogP contribution is 2.34. The average molecular weight is 324 g/mol. The minimum Gasteiger partial charge on any atom is -0.0843 e. The molecule has 0 spiro atoms. The van der Waals surface area contributed by atoms with Crippen LogP contribution in [0.25, 0.3) is 0 Å². The Morgan fingerprint density at radius 2 is 1.67 bits per heavy atom. The van der Waals surface area contributed by atoms with Crippen LogP contribution in [0.3, 0.4) is 0 Å². The van der Waals surface area contributed by atoms with Gasteiger partial charge in [0.05, 0.1) is 4.83 Å². The van der Waals surface area contributed by atoms with E-state index in [-0.39, 0.29) is 4.83 Å². The van der Waals surface area contributed by atoms with Gasteiger partial charge in [-0.2, -0.15) is 0 Å². The summed E-state index contributed by atoms with van der Waals surface area (Å²) in [4.78, 5) is 0.190. The van der Waals surface area contributed by atoms with Crippen LogP contribution in [-0.4, -0.2) is 0 Å². The van der Waals surface area contributed by atoms with Crippen molar-refractivity contribution in [2.24, 2.45) is 0 Å². The summed E-state index contributed by atoms with van der Waals surface area (Å²) >= 11 is 9.91. The smallest absolute Gasteiger partial charge is 0.0647 e. The maximum atomic E-state index is 6.13. The summed E-state index contributed by atoms with van der Waals surface area (Å²) in [7, 11) is 0. The number of hydrogen-bond donors (Lipinski definition) is 0. The van der Waals surface area contributed by atoms with Crippen molar-refractivity contribution >= 4 is 27.5 Å². The van der Waals surface area contributed by atoms with E-state index in [0.29, 0.717) is 0 Å². The molecule has 1 unspecified atom stereocenters. The van der Waals surface area contributed by atoms with E-state index >= 15 is 0 Å². The number of alkyl halides is 1. The van der Waals surface area contributed by atoms with Gasteiger partial charge in [-0.3, -0.25) is 0 Å². The number of rotatable bonds is 2. The average Bonchev–Trinajstić information content (AvgIpc) is 2.26. The molecule has 2 rings (SSSR count). The normalized spacial score (nSPS) is 12.5. The van der Waals surface area contributed by atoms with E-state index in [1.807, 2.05) is 12.1 Å². The molecule has 1 atom stereocenters. The number of aryl methyl sites for hydroxylation is 3. The van der Waals surface area contributed by atoms with E-state index in [2.05, 4.69) is 61.0 Å². The van der Waals surface area contributed by atoms with Crippen molar-refractivity contribution in [3.8, 4) is 0 Å². The molecule has 0 aliphatic carbocycles. The van der Waals surface area contributed by atoms with Crippen LogP contribution in [0.1, 0.15) is 32.6 Å². The van der Waals surface area contributed by atoms with Gasteiger partial charge in [0.1, 0.15) is 0 Å². The van der Waals surface area contributed by atoms with Gasteiger partial charge in [-0.1, -0.05) is 57.4 Å². The molecule has 0 radical (unpaired) electrons. The van der Waals surface area contributed by atoms with E-state index in [9.17, 15) is 0 Å². The predicted octanol–water partition coefficient (Wildman–Crippen LogP) is 5.75. The Hall–Kier alpha value is -0.790. The van der Waals surface area contributed by atoms with Crippen LogP contribution in [0.2, 0.25) is 5.02 Å². The molecule has 94 valence electrons. The molecule has 0 fully saturated rings. The summed E-state index contributed by atoms with van der Waals surface area (Å²) in [6.07, 6.45) is 0. The summed E-state index contributed by atoms with van der Waals surface area (Å²) in [5.41, 5.74) is 6.27. The minimum atomic E-state index is 0.190. The quantitative estimate of drug-likeness (QED) is 0.617. The summed E-state index contributed by atoms with van der Waals surface area (Å²) < 4.78 is 0. The summed E-state index contributed by atoms with van der Waals surface area (Å²) in [5.74, 6) is 0. The van der Waals surface area contributed by atoms with Crippen molar-refractivity contribution < 1.29 is 0 Å². The Bertz CT molecular complexity index is 555. The Kier molecular flexibility index (Phi) is 4.14. The molecule has 0 saturated carbocycles. The topological polar surface area (TPSA) is 0 Å². The fourth-order valence-corrected chi connectivity index (χ4v) is 3.28. The molecule has 0 N–H and O–H groups in total. The fourth-order valence-electron chi connectivity index (χ4n) is 2.20. The van der Waals surface area contributed by atoms with Gasteiger partial charge in [0, 0.05) is 5.02 Å². The minimum absolute atomic E-state index is 0.190. The molecule has 2 heteroatoms. The fraction of sp³-hybridized carbons (Fsp3) is 0.250. The Labute approximate surface area is 122 Å². The van der Waals surface area contributed by atoms with Gasteiger partial charge < -0.3 is 0 Å². The standard InChI is InChI=1S/C16H16BrCl/c1-10-4-5-15(12(3)6-10)16(17)13-7-11(2)8-14(18)9-13/h4-9,16H,1-3H3. The summed E-state index contributed by atoms with van der Waals surface area (Å²) in [6.45, 7) is 6.33. The lowest BCUT2D eigenvalue weighted by molar-refractivity contribution is 1.13. The lowest BCUT2D eigenvalue weighted by Gasteiger charge is -2.15. The molecule has 0 nitrogen and oxygen atoms in total. The van der Waals surface area contributed by atoms with Crippen molar-refractivity contribution in [3.05, 3.63) is 69.2 Å². The molecule has 0 aliphatic heterocycles. The molecule has 0 aromatic heterocycles. The van der Waals surface area contributed by atoms with E-state index in [0.717, 1.165) is 5.02 Å². The number of hydrogen-bond acceptors (Lipinski definition) is 0. The Morgan fingerprint density at radius 1 is 0.944 bits per heavy atom. The van der Waals surface area contributed by atoms with Crippen molar-refractivity contribution in [2.45, 2.75) is 25.6 Å². The summed E-state index contributed by atoms with van der Waals surface area (Å²) in [6, 6.07) is 12.7. The Balaban J connectivity index is 2.44. The first-order chi connectivity index (χ1) is 8.47. The van der Waals surface area contributed by atoms with Gasteiger partial charge in [0.25, 0.3) is 0 Å².